The molecule has 9 heteroatoms. The highest BCUT2D eigenvalue weighted by Gasteiger charge is 2.53. The molecule has 0 bridgehead atoms. The zero-order valence-corrected chi connectivity index (χ0v) is 27.9. The van der Waals surface area contributed by atoms with Crippen LogP contribution in [0.25, 0.3) is 11.1 Å². The van der Waals surface area contributed by atoms with Gasteiger partial charge in [-0.05, 0) is 86.3 Å². The van der Waals surface area contributed by atoms with Gasteiger partial charge in [0, 0.05) is 41.6 Å². The second-order valence-corrected chi connectivity index (χ2v) is 16.0. The lowest BCUT2D eigenvalue weighted by molar-refractivity contribution is -0.130. The van der Waals surface area contributed by atoms with Crippen LogP contribution in [-0.2, 0) is 26.7 Å². The van der Waals surface area contributed by atoms with Crippen molar-refractivity contribution in [2.45, 2.75) is 115 Å². The molecule has 5 rings (SSSR count). The van der Waals surface area contributed by atoms with Crippen molar-refractivity contribution >= 4 is 15.8 Å². The maximum atomic E-state index is 15.8. The van der Waals surface area contributed by atoms with Gasteiger partial charge in [-0.25, -0.2) is 17.2 Å². The van der Waals surface area contributed by atoms with Gasteiger partial charge < -0.3 is 10.1 Å². The van der Waals surface area contributed by atoms with Gasteiger partial charge in [-0.15, -0.1) is 0 Å². The van der Waals surface area contributed by atoms with Crippen LogP contribution in [0.5, 0.6) is 5.75 Å². The Labute approximate surface area is 267 Å². The normalized spacial score (nSPS) is 24.7. The largest absolute Gasteiger partial charge is 0.490 e. The molecule has 0 radical (unpaired) electrons. The van der Waals surface area contributed by atoms with Crippen LogP contribution >= 0.6 is 0 Å². The van der Waals surface area contributed by atoms with Gasteiger partial charge in [0.25, 0.3) is 0 Å². The van der Waals surface area contributed by atoms with E-state index in [1.807, 2.05) is 45.0 Å². The first kappa shape index (κ1) is 33.6. The maximum Gasteiger partial charge on any atom is 0.232 e. The van der Waals surface area contributed by atoms with Crippen LogP contribution in [-0.4, -0.2) is 43.8 Å². The molecule has 1 aliphatic heterocycles. The van der Waals surface area contributed by atoms with Gasteiger partial charge in [0.15, 0.2) is 11.5 Å². The van der Waals surface area contributed by atoms with Crippen molar-refractivity contribution in [2.75, 3.05) is 12.3 Å². The van der Waals surface area contributed by atoms with Gasteiger partial charge in [0.1, 0.15) is 11.6 Å². The predicted molar refractivity (Wildman–Crippen MR) is 175 cm³/mol. The molecule has 3 atom stereocenters. The third-order valence-corrected chi connectivity index (χ3v) is 11.9. The summed E-state index contributed by atoms with van der Waals surface area (Å²) >= 11 is 0. The second-order valence-electron chi connectivity index (χ2n) is 14.0. The van der Waals surface area contributed by atoms with E-state index in [4.69, 9.17) is 4.74 Å². The van der Waals surface area contributed by atoms with Gasteiger partial charge in [0.2, 0.25) is 10.0 Å². The summed E-state index contributed by atoms with van der Waals surface area (Å²) in [6, 6.07) is 10.7. The molecule has 3 aliphatic rings. The van der Waals surface area contributed by atoms with E-state index >= 15 is 4.39 Å². The molecular weight excluding hydrogens is 594 g/mol. The van der Waals surface area contributed by atoms with Gasteiger partial charge in [-0.2, -0.15) is 0 Å². The molecule has 2 N–H and O–H groups in total. The maximum absolute atomic E-state index is 15.8. The summed E-state index contributed by atoms with van der Waals surface area (Å²) in [5.41, 5.74) is 0.357. The first-order chi connectivity index (χ1) is 21.2. The first-order valence-electron chi connectivity index (χ1n) is 16.5. The van der Waals surface area contributed by atoms with Crippen molar-refractivity contribution in [2.24, 2.45) is 5.92 Å². The number of benzene rings is 2. The van der Waals surface area contributed by atoms with Crippen LogP contribution in [0.3, 0.4) is 0 Å². The minimum Gasteiger partial charge on any atom is -0.490 e. The summed E-state index contributed by atoms with van der Waals surface area (Å²) in [6.07, 6.45) is 7.04. The van der Waals surface area contributed by atoms with Crippen LogP contribution in [0.4, 0.5) is 8.78 Å². The molecule has 1 saturated heterocycles. The van der Waals surface area contributed by atoms with Crippen molar-refractivity contribution < 1.29 is 26.7 Å². The van der Waals surface area contributed by atoms with Gasteiger partial charge >= 0.3 is 0 Å². The van der Waals surface area contributed by atoms with Crippen LogP contribution < -0.4 is 14.8 Å². The first-order valence-corrected chi connectivity index (χ1v) is 18.1. The lowest BCUT2D eigenvalue weighted by Gasteiger charge is -2.30. The Morgan fingerprint density at radius 3 is 2.56 bits per heavy atom. The SMILES string of the molecule is C=C(NS(=O)(=O)CC)C(C)(C)c1ccc(O[C@@H]2CC[C@@H](CC(=O)[C@@]3(F)CNC4(CCCC4)C3)C2)c(-c2cccc(F)c2CC)c1. The Bertz CT molecular complexity index is 1550. The van der Waals surface area contributed by atoms with Crippen LogP contribution in [0.15, 0.2) is 48.7 Å². The predicted octanol–water partition coefficient (Wildman–Crippen LogP) is 7.31. The number of nitrogens with one attached hydrogen (secondary N) is 2. The molecule has 6 nitrogen and oxygen atoms in total. The highest BCUT2D eigenvalue weighted by Crippen LogP contribution is 2.45. The van der Waals surface area contributed by atoms with Crippen LogP contribution in [0.1, 0.15) is 96.6 Å². The molecular formula is C36H48F2N2O4S. The summed E-state index contributed by atoms with van der Waals surface area (Å²) in [7, 11) is -3.52. The Kier molecular flexibility index (Phi) is 9.54. The molecule has 0 aromatic heterocycles. The van der Waals surface area contributed by atoms with Gasteiger partial charge in [0.05, 0.1) is 11.9 Å². The highest BCUT2D eigenvalue weighted by atomic mass is 32.2. The van der Waals surface area contributed by atoms with Crippen molar-refractivity contribution in [1.29, 1.82) is 0 Å². The van der Waals surface area contributed by atoms with E-state index in [2.05, 4.69) is 16.6 Å². The van der Waals surface area contributed by atoms with Crippen LogP contribution in [0.2, 0.25) is 0 Å². The smallest absolute Gasteiger partial charge is 0.232 e. The lowest BCUT2D eigenvalue weighted by atomic mass is 9.80. The van der Waals surface area contributed by atoms with E-state index < -0.39 is 21.1 Å². The Hall–Kier alpha value is -2.78. The van der Waals surface area contributed by atoms with E-state index in [1.54, 1.807) is 13.0 Å². The van der Waals surface area contributed by atoms with Gasteiger partial charge in [-0.3, -0.25) is 9.52 Å². The molecule has 3 fully saturated rings. The Morgan fingerprint density at radius 1 is 1.13 bits per heavy atom. The molecule has 0 amide bonds. The molecule has 246 valence electrons. The lowest BCUT2D eigenvalue weighted by Crippen LogP contribution is -2.37. The van der Waals surface area contributed by atoms with Crippen molar-refractivity contribution in [3.05, 3.63) is 65.6 Å². The Morgan fingerprint density at radius 2 is 1.87 bits per heavy atom. The van der Waals surface area contributed by atoms with E-state index in [-0.39, 0.29) is 54.3 Å². The molecule has 1 spiro atoms. The average molecular weight is 643 g/mol. The minimum atomic E-state index is -3.52. The number of hydrogen-bond acceptors (Lipinski definition) is 5. The minimum absolute atomic E-state index is 0.0483. The molecule has 1 heterocycles. The number of rotatable bonds is 12. The number of ketones is 1. The average Bonchev–Trinajstić information content (AvgIpc) is 3.73. The fourth-order valence-electron chi connectivity index (χ4n) is 7.50. The third kappa shape index (κ3) is 6.99. The van der Waals surface area contributed by atoms with E-state index in [0.717, 1.165) is 44.1 Å². The summed E-state index contributed by atoms with van der Waals surface area (Å²) < 4.78 is 64.6. The van der Waals surface area contributed by atoms with Crippen LogP contribution in [0, 0.1) is 11.7 Å². The third-order valence-electron chi connectivity index (χ3n) is 10.6. The Balaban J connectivity index is 1.36. The number of carbonyl (C=O) groups excluding carboxylic acids is 1. The number of ether oxygens (including phenoxy) is 1. The fourth-order valence-corrected chi connectivity index (χ4v) is 8.28. The van der Waals surface area contributed by atoms with Crippen molar-refractivity contribution in [3.63, 3.8) is 0 Å². The zero-order chi connectivity index (χ0) is 32.6. The molecule has 2 saturated carbocycles. The van der Waals surface area contributed by atoms with Crippen molar-refractivity contribution in [3.8, 4) is 16.9 Å². The fraction of sp³-hybridized carbons (Fsp3) is 0.583. The second kappa shape index (κ2) is 12.8. The molecule has 45 heavy (non-hydrogen) atoms. The number of Topliss-reactive ketones (excluding diaryl/α,β-unsaturated/α-hetero) is 1. The number of hydrogen-bond donors (Lipinski definition) is 2. The number of halogens is 2. The summed E-state index contributed by atoms with van der Waals surface area (Å²) in [4.78, 5) is 13.2. The standard InChI is InChI=1S/C36H48F2N2O4S/c1-6-28-29(11-10-12-31(28)37)30-21-26(34(4,5)24(3)40-45(42,43)7-2)14-16-32(30)44-27-15-13-25(19-27)20-33(41)36(38)22-35(39-23-36)17-8-9-18-35/h10-12,14,16,21,25,27,39-40H,3,6-9,13,15,17-20,22-23H2,1-2,4-5H3/t25-,27-,36+/m1/s1. The van der Waals surface area contributed by atoms with E-state index in [9.17, 15) is 17.6 Å². The number of alkyl halides is 1. The molecule has 2 aromatic carbocycles. The molecule has 2 aliphatic carbocycles. The summed E-state index contributed by atoms with van der Waals surface area (Å²) in [6.45, 7) is 11.4. The van der Waals surface area contributed by atoms with E-state index in [1.165, 1.54) is 6.07 Å². The quantitative estimate of drug-likeness (QED) is 0.254. The zero-order valence-electron chi connectivity index (χ0n) is 27.1. The highest BCUT2D eigenvalue weighted by molar-refractivity contribution is 7.89. The van der Waals surface area contributed by atoms with E-state index in [0.29, 0.717) is 41.0 Å². The van der Waals surface area contributed by atoms with Crippen molar-refractivity contribution in [1.82, 2.24) is 10.0 Å². The number of sulfonamides is 1. The topological polar surface area (TPSA) is 84.5 Å². The number of carbonyl (C=O) groups is 1. The molecule has 0 unspecified atom stereocenters. The van der Waals surface area contributed by atoms with Gasteiger partial charge in [-0.1, -0.05) is 58.4 Å². The summed E-state index contributed by atoms with van der Waals surface area (Å²) in [5, 5.41) is 3.35. The summed E-state index contributed by atoms with van der Waals surface area (Å²) in [5.74, 6) is -0.0145. The number of allylic oxidation sites excluding steroid dienone is 1. The molecule has 2 aromatic rings. The monoisotopic (exact) mass is 642 g/mol.